The maximum absolute atomic E-state index is 13.5. The summed E-state index contributed by atoms with van der Waals surface area (Å²) in [5, 5.41) is 78.6. The fraction of sp³-hybridized carbons (Fsp3) is 0.769. The van der Waals surface area contributed by atoms with Gasteiger partial charge in [0, 0.05) is 48.5 Å². The molecule has 8 heterocycles. The molecule has 0 unspecified atom stereocenters. The number of halogens is 1. The van der Waals surface area contributed by atoms with Crippen LogP contribution in [0, 0.1) is 164 Å². The summed E-state index contributed by atoms with van der Waals surface area (Å²) >= 11 is 3.42. The van der Waals surface area contributed by atoms with Gasteiger partial charge >= 0.3 is 0 Å². The van der Waals surface area contributed by atoms with Crippen molar-refractivity contribution in [3.05, 3.63) is 73.3 Å². The van der Waals surface area contributed by atoms with E-state index >= 15 is 0 Å². The van der Waals surface area contributed by atoms with Crippen LogP contribution in [0.25, 0.3) is 44.7 Å². The molecule has 129 heavy (non-hydrogen) atoms. The van der Waals surface area contributed by atoms with Crippen molar-refractivity contribution >= 4 is 83.7 Å². The molecule has 0 aromatic carbocycles. The van der Waals surface area contributed by atoms with E-state index in [1.54, 1.807) is 38.9 Å². The third-order valence-corrected chi connectivity index (χ3v) is 40.9. The first-order valence-corrected chi connectivity index (χ1v) is 52.1. The number of aromatic nitrogens is 16. The standard InChI is InChI=1S/3C26H36N4O2.C21H33BrO2.C5H4N4/c1-25(32)11-9-17-16(14-25)5-6-19-18(17)10-12-26(2)20(19)7-8-21(26)23(31)15-30-22-4-3-13-27-24(22)28-29-30;1-25(32)11-9-17-16(14-25)5-6-19-18(17)10-12-26(2)20(19)7-8-21(26)23(31)15-30-24-22(28-29-30)4-3-13-27-24;1-25(32)11-9-17-16(14-25)5-6-19-18(17)10-12-26(2)20(19)7-8-21(26)23(31)15-30-28-22-4-3-13-27-24(22)29-30;1-20(24)9-7-14-13(11-20)3-4-16-15(14)8-10-21(2)17(16)5-6-18(21)19(23)12-22;1-2-4-5(6-3-1)8-9-7-4/h3*3-4,13,16-21,32H,5-12,14-15H2,1-2H3;13-18,24H,3-12H2,1-2H3;1-3H,(H,6,7,8,9)/t3*16-,17+,18-,19-,20+,21-,25-,26+;13-,14+,15-,16-,17+,18-,20-,21+;/m1111./s1. The Morgan fingerprint density at radius 1 is 0.349 bits per heavy atom. The van der Waals surface area contributed by atoms with Crippen molar-refractivity contribution < 1.29 is 39.6 Å². The zero-order chi connectivity index (χ0) is 89.5. The normalized spacial score (nSPS) is 43.1. The second-order valence-corrected chi connectivity index (χ2v) is 47.9. The number of hydrogen-bond donors (Lipinski definition) is 5. The monoisotopic (exact) mass is 1830 g/mol. The Morgan fingerprint density at radius 2 is 0.705 bits per heavy atom. The molecular formula is C104H145BrN16O8. The number of alkyl halides is 1. The van der Waals surface area contributed by atoms with Gasteiger partial charge in [0.25, 0.3) is 0 Å². The number of hydrogen-bond acceptors (Lipinski definition) is 20. The molecule has 32 atom stereocenters. The van der Waals surface area contributed by atoms with Gasteiger partial charge < -0.3 is 20.4 Å². The van der Waals surface area contributed by atoms with Crippen LogP contribution in [0.15, 0.2) is 73.3 Å². The van der Waals surface area contributed by atoms with Crippen LogP contribution < -0.4 is 0 Å². The van der Waals surface area contributed by atoms with Crippen molar-refractivity contribution in [2.24, 2.45) is 164 Å². The van der Waals surface area contributed by atoms with Gasteiger partial charge in [0.1, 0.15) is 47.5 Å². The molecule has 0 bridgehead atoms. The highest BCUT2D eigenvalue weighted by atomic mass is 79.9. The maximum Gasteiger partial charge on any atom is 0.201 e. The van der Waals surface area contributed by atoms with Gasteiger partial charge in [0.05, 0.1) is 27.7 Å². The number of aromatic amines is 1. The second kappa shape index (κ2) is 35.1. The topological polar surface area (TPSA) is 334 Å². The van der Waals surface area contributed by atoms with Gasteiger partial charge in [-0.05, 0) is 447 Å². The predicted molar refractivity (Wildman–Crippen MR) is 496 cm³/mol. The largest absolute Gasteiger partial charge is 0.390 e. The lowest BCUT2D eigenvalue weighted by molar-refractivity contribution is -0.133. The van der Waals surface area contributed by atoms with E-state index in [9.17, 15) is 39.6 Å². The zero-order valence-electron chi connectivity index (χ0n) is 78.1. The molecule has 0 saturated heterocycles. The lowest BCUT2D eigenvalue weighted by atomic mass is 9.49. The van der Waals surface area contributed by atoms with Crippen molar-refractivity contribution in [1.29, 1.82) is 0 Å². The van der Waals surface area contributed by atoms with Crippen molar-refractivity contribution in [2.45, 2.75) is 329 Å². The van der Waals surface area contributed by atoms with E-state index < -0.39 is 22.4 Å². The number of rotatable bonds is 11. The number of nitrogens with zero attached hydrogens (tertiary/aromatic N) is 15. The fourth-order valence-electron chi connectivity index (χ4n) is 34.7. The molecule has 24 nitrogen and oxygen atoms in total. The first-order chi connectivity index (χ1) is 61.9. The van der Waals surface area contributed by atoms with Crippen molar-refractivity contribution in [1.82, 2.24) is 80.3 Å². The second-order valence-electron chi connectivity index (χ2n) is 47.3. The summed E-state index contributed by atoms with van der Waals surface area (Å²) in [5.74, 6) is 17.4. The van der Waals surface area contributed by atoms with Gasteiger partial charge in [-0.25, -0.2) is 29.3 Å². The van der Waals surface area contributed by atoms with Gasteiger partial charge in [-0.3, -0.25) is 19.2 Å². The van der Waals surface area contributed by atoms with Gasteiger partial charge in [0.15, 0.2) is 23.0 Å². The van der Waals surface area contributed by atoms with Gasteiger partial charge in [-0.1, -0.05) is 54.1 Å². The Balaban J connectivity index is 0.000000105. The van der Waals surface area contributed by atoms with Crippen LogP contribution in [-0.2, 0) is 38.8 Å². The molecule has 696 valence electrons. The predicted octanol–water partition coefficient (Wildman–Crippen LogP) is 18.6. The van der Waals surface area contributed by atoms with Crippen LogP contribution in [0.4, 0.5) is 0 Å². The van der Waals surface area contributed by atoms with Gasteiger partial charge in [0.2, 0.25) is 16.9 Å². The molecule has 8 aromatic rings. The number of aliphatic hydroxyl groups is 4. The van der Waals surface area contributed by atoms with Crippen LogP contribution in [0.1, 0.15) is 287 Å². The Hall–Kier alpha value is -6.80. The van der Waals surface area contributed by atoms with Crippen molar-refractivity contribution in [2.75, 3.05) is 5.33 Å². The van der Waals surface area contributed by atoms with Gasteiger partial charge in [-0.15, -0.1) is 20.4 Å². The summed E-state index contributed by atoms with van der Waals surface area (Å²) in [5.41, 5.74) is 4.58. The number of nitrogens with one attached hydrogen (secondary N) is 1. The number of carbonyl (C=O) groups excluding carboxylic acids is 4. The molecule has 0 aliphatic heterocycles. The SMILES string of the molecule is C[C@@]1(O)CC[C@H]2[C@H](CC[C@@H]3[C@@H]2CC[C@]2(C)[C@@H](C(=O)CBr)CC[C@@H]32)C1.C[C@@]1(O)CC[C@H]2[C@H](CC[C@@H]3[C@@H]2CC[C@]2(C)[C@@H](C(=O)Cn4nc5cccnc5n4)CC[C@@H]32)C1.C[C@@]1(O)CC[C@H]2[C@H](CC[C@@H]3[C@@H]2CC[C@]2(C)[C@@H](C(=O)Cn4nnc5cccnc54)CC[C@@H]32)C1.C[C@@]1(O)CC[C@H]2[C@H](CC[C@@H]3[C@@H]2CC[C@]2(C)[C@@H](C(=O)Cn4nnc5ncccc54)CC[C@@H]32)C1.c1cnc2n[nH]nc2c1. The zero-order valence-corrected chi connectivity index (χ0v) is 79.7. The molecular weight excluding hydrogens is 1680 g/mol. The minimum atomic E-state index is -0.456. The Kier molecular flexibility index (Phi) is 24.5. The molecule has 25 heteroatoms. The van der Waals surface area contributed by atoms with E-state index in [-0.39, 0.29) is 52.5 Å². The Bertz CT molecular complexity index is 5150. The van der Waals surface area contributed by atoms with E-state index in [0.717, 1.165) is 182 Å². The van der Waals surface area contributed by atoms with Crippen molar-refractivity contribution in [3.63, 3.8) is 0 Å². The average molecular weight is 1830 g/mol. The Labute approximate surface area is 769 Å². The van der Waals surface area contributed by atoms with E-state index in [0.29, 0.717) is 99.0 Å². The number of fused-ring (bicyclic) bond motifs is 24. The Morgan fingerprint density at radius 3 is 1.12 bits per heavy atom. The average Bonchev–Trinajstić information content (AvgIpc) is 1.69. The smallest absolute Gasteiger partial charge is 0.201 e. The summed E-state index contributed by atoms with van der Waals surface area (Å²) in [7, 11) is 0. The number of H-pyrrole nitrogens is 1. The van der Waals surface area contributed by atoms with E-state index in [2.05, 4.69) is 110 Å². The molecule has 0 amide bonds. The molecule has 0 spiro atoms. The van der Waals surface area contributed by atoms with Crippen LogP contribution in [0.5, 0.6) is 0 Å². The number of pyridine rings is 4. The molecule has 24 rings (SSSR count). The summed E-state index contributed by atoms with van der Waals surface area (Å²) in [6, 6.07) is 15.0. The summed E-state index contributed by atoms with van der Waals surface area (Å²) in [4.78, 5) is 71.4. The molecule has 16 aliphatic rings. The molecule has 0 radical (unpaired) electrons. The summed E-state index contributed by atoms with van der Waals surface area (Å²) < 4.78 is 3.44. The minimum Gasteiger partial charge on any atom is -0.390 e. The first-order valence-electron chi connectivity index (χ1n) is 51.0. The number of ketones is 4. The highest BCUT2D eigenvalue weighted by Crippen LogP contribution is 2.70. The number of carbonyl (C=O) groups is 4. The van der Waals surface area contributed by atoms with E-state index in [4.69, 9.17) is 0 Å². The molecule has 16 fully saturated rings. The molecule has 16 saturated carbocycles. The fourth-order valence-corrected chi connectivity index (χ4v) is 35.1. The van der Waals surface area contributed by atoms with Crippen LogP contribution >= 0.6 is 15.9 Å². The lowest BCUT2D eigenvalue weighted by Gasteiger charge is -2.56. The number of Topliss-reactive ketones (excluding diaryl/α,β-unsaturated/α-hetero) is 4. The first kappa shape index (κ1) is 90.0. The van der Waals surface area contributed by atoms with E-state index in [1.165, 1.54) is 154 Å². The molecule has 5 N–H and O–H groups in total. The summed E-state index contributed by atoms with van der Waals surface area (Å²) in [6.45, 7) is 18.7. The third-order valence-electron chi connectivity index (χ3n) is 40.4. The minimum absolute atomic E-state index is 0.120. The lowest BCUT2D eigenvalue weighted by Crippen LogP contribution is -2.51. The van der Waals surface area contributed by atoms with E-state index in [1.807, 2.05) is 76.2 Å². The van der Waals surface area contributed by atoms with Crippen LogP contribution in [-0.4, -0.2) is 152 Å². The van der Waals surface area contributed by atoms with Crippen LogP contribution in [0.2, 0.25) is 0 Å². The highest BCUT2D eigenvalue weighted by molar-refractivity contribution is 9.09. The third kappa shape index (κ3) is 16.9. The summed E-state index contributed by atoms with van der Waals surface area (Å²) in [6.07, 6.45) is 48.8. The maximum atomic E-state index is 13.5. The highest BCUT2D eigenvalue weighted by Gasteiger charge is 2.64. The quantitative estimate of drug-likeness (QED) is 0.0751. The van der Waals surface area contributed by atoms with Crippen LogP contribution in [0.3, 0.4) is 0 Å². The molecule has 16 aliphatic carbocycles. The molecule has 8 aromatic heterocycles. The van der Waals surface area contributed by atoms with Gasteiger partial charge in [-0.2, -0.15) is 20.2 Å². The van der Waals surface area contributed by atoms with Crippen molar-refractivity contribution in [3.8, 4) is 0 Å².